The minimum Gasteiger partial charge on any atom is -0.497 e. The molecule has 21 heavy (non-hydrogen) atoms. The summed E-state index contributed by atoms with van der Waals surface area (Å²) >= 11 is 6.33. The SMILES string of the molecule is CCNC(c1ccc(C)cc1F)c1ccc(OC)cc1Cl. The van der Waals surface area contributed by atoms with E-state index in [0.29, 0.717) is 22.9 Å². The van der Waals surface area contributed by atoms with Crippen LogP contribution >= 0.6 is 11.6 Å². The molecular formula is C17H19ClFNO. The second-order valence-corrected chi connectivity index (χ2v) is 5.31. The number of hydrogen-bond donors (Lipinski definition) is 1. The summed E-state index contributed by atoms with van der Waals surface area (Å²) in [4.78, 5) is 0. The van der Waals surface area contributed by atoms with Crippen LogP contribution in [0, 0.1) is 12.7 Å². The molecule has 0 aromatic heterocycles. The average molecular weight is 308 g/mol. The van der Waals surface area contributed by atoms with Gasteiger partial charge in [-0.15, -0.1) is 0 Å². The monoisotopic (exact) mass is 307 g/mol. The highest BCUT2D eigenvalue weighted by Gasteiger charge is 2.19. The lowest BCUT2D eigenvalue weighted by Gasteiger charge is -2.21. The van der Waals surface area contributed by atoms with Gasteiger partial charge in [-0.1, -0.05) is 36.7 Å². The lowest BCUT2D eigenvalue weighted by atomic mass is 9.97. The molecule has 0 fully saturated rings. The molecule has 2 aromatic rings. The Labute approximate surface area is 129 Å². The van der Waals surface area contributed by atoms with Crippen molar-refractivity contribution in [1.82, 2.24) is 5.32 Å². The topological polar surface area (TPSA) is 21.3 Å². The van der Waals surface area contributed by atoms with Gasteiger partial charge in [-0.05, 0) is 42.8 Å². The maximum atomic E-state index is 14.3. The van der Waals surface area contributed by atoms with Gasteiger partial charge in [-0.3, -0.25) is 0 Å². The van der Waals surface area contributed by atoms with E-state index in [2.05, 4.69) is 5.32 Å². The maximum Gasteiger partial charge on any atom is 0.128 e. The van der Waals surface area contributed by atoms with Gasteiger partial charge >= 0.3 is 0 Å². The molecule has 2 rings (SSSR count). The van der Waals surface area contributed by atoms with E-state index >= 15 is 0 Å². The van der Waals surface area contributed by atoms with Crippen molar-refractivity contribution in [3.8, 4) is 5.75 Å². The first-order chi connectivity index (χ1) is 10.1. The number of nitrogens with one attached hydrogen (secondary N) is 1. The first-order valence-electron chi connectivity index (χ1n) is 6.89. The quantitative estimate of drug-likeness (QED) is 0.878. The van der Waals surface area contributed by atoms with Crippen LogP contribution in [0.3, 0.4) is 0 Å². The van der Waals surface area contributed by atoms with Gasteiger partial charge < -0.3 is 10.1 Å². The fourth-order valence-corrected chi connectivity index (χ4v) is 2.61. The molecule has 0 bridgehead atoms. The van der Waals surface area contributed by atoms with Gasteiger partial charge in [0.05, 0.1) is 13.2 Å². The number of hydrogen-bond acceptors (Lipinski definition) is 2. The van der Waals surface area contributed by atoms with E-state index in [0.717, 1.165) is 11.1 Å². The second kappa shape index (κ2) is 6.92. The first-order valence-corrected chi connectivity index (χ1v) is 7.27. The first kappa shape index (κ1) is 15.8. The second-order valence-electron chi connectivity index (χ2n) is 4.90. The molecule has 112 valence electrons. The van der Waals surface area contributed by atoms with Crippen LogP contribution in [0.5, 0.6) is 5.75 Å². The molecule has 1 atom stereocenters. The van der Waals surface area contributed by atoms with Crippen molar-refractivity contribution in [2.24, 2.45) is 0 Å². The lowest BCUT2D eigenvalue weighted by molar-refractivity contribution is 0.414. The molecular weight excluding hydrogens is 289 g/mol. The third-order valence-corrected chi connectivity index (χ3v) is 3.72. The molecule has 0 saturated carbocycles. The van der Waals surface area contributed by atoms with E-state index in [1.54, 1.807) is 19.2 Å². The van der Waals surface area contributed by atoms with Crippen molar-refractivity contribution in [1.29, 1.82) is 0 Å². The summed E-state index contributed by atoms with van der Waals surface area (Å²) < 4.78 is 19.4. The Bertz CT molecular complexity index is 630. The van der Waals surface area contributed by atoms with Crippen molar-refractivity contribution in [2.45, 2.75) is 19.9 Å². The van der Waals surface area contributed by atoms with Crippen LogP contribution in [-0.4, -0.2) is 13.7 Å². The average Bonchev–Trinajstić information content (AvgIpc) is 2.46. The number of halogens is 2. The van der Waals surface area contributed by atoms with E-state index in [1.807, 2.05) is 32.0 Å². The molecule has 0 saturated heterocycles. The number of ether oxygens (including phenoxy) is 1. The Hall–Kier alpha value is -1.58. The van der Waals surface area contributed by atoms with Crippen LogP contribution in [0.4, 0.5) is 4.39 Å². The zero-order valence-corrected chi connectivity index (χ0v) is 13.2. The van der Waals surface area contributed by atoms with Crippen molar-refractivity contribution < 1.29 is 9.13 Å². The van der Waals surface area contributed by atoms with E-state index < -0.39 is 0 Å². The van der Waals surface area contributed by atoms with E-state index in [-0.39, 0.29) is 11.9 Å². The molecule has 1 N–H and O–H groups in total. The fourth-order valence-electron chi connectivity index (χ4n) is 2.33. The Morgan fingerprint density at radius 3 is 2.48 bits per heavy atom. The highest BCUT2D eigenvalue weighted by Crippen LogP contribution is 2.32. The van der Waals surface area contributed by atoms with Crippen LogP contribution in [0.25, 0.3) is 0 Å². The zero-order chi connectivity index (χ0) is 15.4. The minimum absolute atomic E-state index is 0.229. The summed E-state index contributed by atoms with van der Waals surface area (Å²) in [6.45, 7) is 4.56. The molecule has 0 aliphatic rings. The molecule has 2 aromatic carbocycles. The Kier molecular flexibility index (Phi) is 5.21. The van der Waals surface area contributed by atoms with Crippen LogP contribution in [0.1, 0.15) is 29.7 Å². The molecule has 0 amide bonds. The summed E-state index contributed by atoms with van der Waals surface area (Å²) in [6.07, 6.45) is 0. The van der Waals surface area contributed by atoms with Crippen molar-refractivity contribution in [3.63, 3.8) is 0 Å². The minimum atomic E-state index is -0.283. The number of benzene rings is 2. The molecule has 1 unspecified atom stereocenters. The van der Waals surface area contributed by atoms with Gasteiger partial charge in [0.25, 0.3) is 0 Å². The zero-order valence-electron chi connectivity index (χ0n) is 12.4. The lowest BCUT2D eigenvalue weighted by Crippen LogP contribution is -2.23. The van der Waals surface area contributed by atoms with Crippen LogP contribution in [0.15, 0.2) is 36.4 Å². The third-order valence-electron chi connectivity index (χ3n) is 3.39. The fraction of sp³-hybridized carbons (Fsp3) is 0.294. The predicted octanol–water partition coefficient (Wildman–Crippen LogP) is 4.50. The summed E-state index contributed by atoms with van der Waals surface area (Å²) in [5.41, 5.74) is 2.32. The Morgan fingerprint density at radius 1 is 1.19 bits per heavy atom. The van der Waals surface area contributed by atoms with E-state index in [1.165, 1.54) is 6.07 Å². The van der Waals surface area contributed by atoms with Gasteiger partial charge in [0.2, 0.25) is 0 Å². The summed E-state index contributed by atoms with van der Waals surface area (Å²) in [6, 6.07) is 10.4. The predicted molar refractivity (Wildman–Crippen MR) is 84.7 cm³/mol. The van der Waals surface area contributed by atoms with Crippen LogP contribution < -0.4 is 10.1 Å². The van der Waals surface area contributed by atoms with Crippen molar-refractivity contribution in [3.05, 3.63) is 63.9 Å². The van der Waals surface area contributed by atoms with Gasteiger partial charge in [-0.25, -0.2) is 4.39 Å². The Balaban J connectivity index is 2.48. The van der Waals surface area contributed by atoms with Crippen LogP contribution in [0.2, 0.25) is 5.02 Å². The maximum absolute atomic E-state index is 14.3. The molecule has 4 heteroatoms. The standard InChI is InChI=1S/C17H19ClFNO/c1-4-20-17(14-7-5-11(2)9-16(14)19)13-8-6-12(21-3)10-15(13)18/h5-10,17,20H,4H2,1-3H3. The molecule has 0 radical (unpaired) electrons. The van der Waals surface area contributed by atoms with Gasteiger partial charge in [0, 0.05) is 10.6 Å². The molecule has 0 aliphatic heterocycles. The van der Waals surface area contributed by atoms with Gasteiger partial charge in [0.15, 0.2) is 0 Å². The van der Waals surface area contributed by atoms with Crippen molar-refractivity contribution >= 4 is 11.6 Å². The highest BCUT2D eigenvalue weighted by atomic mass is 35.5. The molecule has 0 spiro atoms. The highest BCUT2D eigenvalue weighted by molar-refractivity contribution is 6.31. The summed E-state index contributed by atoms with van der Waals surface area (Å²) in [5, 5.41) is 3.84. The van der Waals surface area contributed by atoms with E-state index in [9.17, 15) is 4.39 Å². The van der Waals surface area contributed by atoms with Crippen molar-refractivity contribution in [2.75, 3.05) is 13.7 Å². The Morgan fingerprint density at radius 2 is 1.90 bits per heavy atom. The van der Waals surface area contributed by atoms with E-state index in [4.69, 9.17) is 16.3 Å². The van der Waals surface area contributed by atoms with Gasteiger partial charge in [0.1, 0.15) is 11.6 Å². The molecule has 0 heterocycles. The van der Waals surface area contributed by atoms with Gasteiger partial charge in [-0.2, -0.15) is 0 Å². The van der Waals surface area contributed by atoms with Crippen LogP contribution in [-0.2, 0) is 0 Å². The number of aryl methyl sites for hydroxylation is 1. The number of methoxy groups -OCH3 is 1. The third kappa shape index (κ3) is 3.55. The number of rotatable bonds is 5. The summed E-state index contributed by atoms with van der Waals surface area (Å²) in [5.74, 6) is 0.455. The normalized spacial score (nSPS) is 12.2. The largest absolute Gasteiger partial charge is 0.497 e. The smallest absolute Gasteiger partial charge is 0.128 e. The summed E-state index contributed by atoms with van der Waals surface area (Å²) in [7, 11) is 1.59. The molecule has 2 nitrogen and oxygen atoms in total. The molecule has 0 aliphatic carbocycles.